The van der Waals surface area contributed by atoms with Gasteiger partial charge in [-0.25, -0.2) is 4.79 Å². The predicted molar refractivity (Wildman–Crippen MR) is 63.9 cm³/mol. The fourth-order valence-corrected chi connectivity index (χ4v) is 1.76. The molecule has 17 heavy (non-hydrogen) atoms. The van der Waals surface area contributed by atoms with Gasteiger partial charge in [-0.15, -0.1) is 0 Å². The third-order valence-electron chi connectivity index (χ3n) is 2.79. The number of hydrogen-bond acceptors (Lipinski definition) is 3. The van der Waals surface area contributed by atoms with E-state index in [4.69, 9.17) is 5.11 Å². The lowest BCUT2D eigenvalue weighted by atomic mass is 10.2. The Hall–Kier alpha value is -1.30. The van der Waals surface area contributed by atoms with Crippen LogP contribution in [0.25, 0.3) is 0 Å². The second kappa shape index (κ2) is 7.11. The molecule has 0 aliphatic carbocycles. The van der Waals surface area contributed by atoms with Crippen LogP contribution in [0.3, 0.4) is 0 Å². The summed E-state index contributed by atoms with van der Waals surface area (Å²) in [5.74, 6) is -0.829. The van der Waals surface area contributed by atoms with Crippen LogP contribution in [0.2, 0.25) is 0 Å². The van der Waals surface area contributed by atoms with Crippen molar-refractivity contribution in [2.75, 3.05) is 26.2 Å². The highest BCUT2D eigenvalue weighted by atomic mass is 16.4. The fraction of sp³-hybridized carbons (Fsp3) is 0.818. The number of rotatable bonds is 4. The quantitative estimate of drug-likeness (QED) is 0.661. The standard InChI is InChI=1S/C11H21N3O3/c1-9(3-4-10(15)16)13-11(17)14-7-2-5-12-6-8-14/h9,12H,2-8H2,1H3,(H,13,17)(H,15,16). The van der Waals surface area contributed by atoms with Gasteiger partial charge in [0.1, 0.15) is 0 Å². The largest absolute Gasteiger partial charge is 0.481 e. The maximum atomic E-state index is 11.8. The third kappa shape index (κ3) is 5.53. The molecular formula is C11H21N3O3. The van der Waals surface area contributed by atoms with Crippen LogP contribution < -0.4 is 10.6 Å². The van der Waals surface area contributed by atoms with E-state index in [9.17, 15) is 9.59 Å². The summed E-state index contributed by atoms with van der Waals surface area (Å²) in [6.07, 6.45) is 1.51. The number of nitrogens with one attached hydrogen (secondary N) is 2. The summed E-state index contributed by atoms with van der Waals surface area (Å²) in [7, 11) is 0. The molecule has 0 aromatic rings. The molecule has 6 nitrogen and oxygen atoms in total. The second-order valence-electron chi connectivity index (χ2n) is 4.37. The van der Waals surface area contributed by atoms with Crippen molar-refractivity contribution in [3.05, 3.63) is 0 Å². The van der Waals surface area contributed by atoms with Gasteiger partial charge in [-0.2, -0.15) is 0 Å². The van der Waals surface area contributed by atoms with Crippen molar-refractivity contribution in [2.45, 2.75) is 32.2 Å². The lowest BCUT2D eigenvalue weighted by molar-refractivity contribution is -0.137. The van der Waals surface area contributed by atoms with Crippen molar-refractivity contribution in [1.82, 2.24) is 15.5 Å². The highest BCUT2D eigenvalue weighted by Crippen LogP contribution is 2.00. The maximum absolute atomic E-state index is 11.8. The summed E-state index contributed by atoms with van der Waals surface area (Å²) >= 11 is 0. The zero-order valence-corrected chi connectivity index (χ0v) is 10.2. The first-order valence-corrected chi connectivity index (χ1v) is 6.07. The van der Waals surface area contributed by atoms with Gasteiger partial charge in [0.25, 0.3) is 0 Å². The zero-order chi connectivity index (χ0) is 12.7. The minimum Gasteiger partial charge on any atom is -0.481 e. The minimum absolute atomic E-state index is 0.0863. The molecule has 0 aromatic carbocycles. The number of carbonyl (C=O) groups excluding carboxylic acids is 1. The molecule has 0 aromatic heterocycles. The van der Waals surface area contributed by atoms with Crippen LogP contribution in [0, 0.1) is 0 Å². The van der Waals surface area contributed by atoms with Crippen LogP contribution in [-0.2, 0) is 4.79 Å². The van der Waals surface area contributed by atoms with Crippen LogP contribution >= 0.6 is 0 Å². The summed E-state index contributed by atoms with van der Waals surface area (Å²) in [6.45, 7) is 5.05. The SMILES string of the molecule is CC(CCC(=O)O)NC(=O)N1CCCNCC1. The fourth-order valence-electron chi connectivity index (χ4n) is 1.76. The molecule has 0 spiro atoms. The number of carbonyl (C=O) groups is 2. The average Bonchev–Trinajstić information content (AvgIpc) is 2.54. The van der Waals surface area contributed by atoms with Crippen molar-refractivity contribution in [1.29, 1.82) is 0 Å². The van der Waals surface area contributed by atoms with Crippen LogP contribution in [0.15, 0.2) is 0 Å². The number of aliphatic carboxylic acids is 1. The number of amides is 2. The van der Waals surface area contributed by atoms with Gasteiger partial charge in [-0.05, 0) is 26.3 Å². The molecule has 98 valence electrons. The zero-order valence-electron chi connectivity index (χ0n) is 10.2. The highest BCUT2D eigenvalue weighted by molar-refractivity contribution is 5.74. The monoisotopic (exact) mass is 243 g/mol. The molecule has 1 saturated heterocycles. The first-order chi connectivity index (χ1) is 8.09. The molecule has 1 unspecified atom stereocenters. The van der Waals surface area contributed by atoms with Gasteiger partial charge in [0.2, 0.25) is 0 Å². The molecule has 1 aliphatic rings. The summed E-state index contributed by atoms with van der Waals surface area (Å²) < 4.78 is 0. The molecule has 3 N–H and O–H groups in total. The smallest absolute Gasteiger partial charge is 0.317 e. The first-order valence-electron chi connectivity index (χ1n) is 6.07. The van der Waals surface area contributed by atoms with E-state index in [1.165, 1.54) is 0 Å². The Morgan fingerprint density at radius 2 is 2.18 bits per heavy atom. The normalized spacial score (nSPS) is 18.3. The van der Waals surface area contributed by atoms with E-state index >= 15 is 0 Å². The Kier molecular flexibility index (Phi) is 5.76. The topological polar surface area (TPSA) is 81.7 Å². The van der Waals surface area contributed by atoms with Crippen LogP contribution in [0.1, 0.15) is 26.2 Å². The van der Waals surface area contributed by atoms with E-state index in [0.717, 1.165) is 26.1 Å². The van der Waals surface area contributed by atoms with Gasteiger partial charge in [-0.1, -0.05) is 0 Å². The number of hydrogen-bond donors (Lipinski definition) is 3. The average molecular weight is 243 g/mol. The van der Waals surface area contributed by atoms with E-state index < -0.39 is 5.97 Å². The summed E-state index contributed by atoms with van der Waals surface area (Å²) in [5.41, 5.74) is 0. The van der Waals surface area contributed by atoms with Gasteiger partial charge in [0.15, 0.2) is 0 Å². The van der Waals surface area contributed by atoms with Crippen molar-refractivity contribution < 1.29 is 14.7 Å². The van der Waals surface area contributed by atoms with Crippen LogP contribution in [-0.4, -0.2) is 54.2 Å². The van der Waals surface area contributed by atoms with Gasteiger partial charge in [-0.3, -0.25) is 4.79 Å². The molecule has 1 rings (SSSR count). The Bertz CT molecular complexity index is 263. The molecule has 0 bridgehead atoms. The Labute approximate surface area is 101 Å². The Morgan fingerprint density at radius 3 is 2.88 bits per heavy atom. The number of carboxylic acid groups (broad SMARTS) is 1. The van der Waals surface area contributed by atoms with Crippen LogP contribution in [0.4, 0.5) is 4.79 Å². The molecule has 2 amide bonds. The summed E-state index contributed by atoms with van der Waals surface area (Å²) in [5, 5.41) is 14.6. The molecule has 1 aliphatic heterocycles. The van der Waals surface area contributed by atoms with Gasteiger partial charge < -0.3 is 20.6 Å². The van der Waals surface area contributed by atoms with Crippen molar-refractivity contribution >= 4 is 12.0 Å². The Balaban J connectivity index is 2.28. The molecule has 1 atom stereocenters. The number of urea groups is 1. The van der Waals surface area contributed by atoms with E-state index in [0.29, 0.717) is 13.0 Å². The lowest BCUT2D eigenvalue weighted by Crippen LogP contribution is -2.45. The summed E-state index contributed by atoms with van der Waals surface area (Å²) in [6, 6.07) is -0.193. The summed E-state index contributed by atoms with van der Waals surface area (Å²) in [4.78, 5) is 24.0. The molecule has 1 heterocycles. The van der Waals surface area contributed by atoms with Crippen molar-refractivity contribution in [3.63, 3.8) is 0 Å². The van der Waals surface area contributed by atoms with E-state index in [1.54, 1.807) is 4.90 Å². The molecule has 0 saturated carbocycles. The van der Waals surface area contributed by atoms with Crippen molar-refractivity contribution in [2.24, 2.45) is 0 Å². The molecule has 0 radical (unpaired) electrons. The lowest BCUT2D eigenvalue weighted by Gasteiger charge is -2.23. The van der Waals surface area contributed by atoms with Crippen LogP contribution in [0.5, 0.6) is 0 Å². The van der Waals surface area contributed by atoms with Gasteiger partial charge >= 0.3 is 12.0 Å². The second-order valence-corrected chi connectivity index (χ2v) is 4.37. The van der Waals surface area contributed by atoms with Crippen molar-refractivity contribution in [3.8, 4) is 0 Å². The third-order valence-corrected chi connectivity index (χ3v) is 2.79. The van der Waals surface area contributed by atoms with E-state index in [1.807, 2.05) is 6.92 Å². The number of carboxylic acids is 1. The predicted octanol–water partition coefficient (Wildman–Crippen LogP) is 0.245. The van der Waals surface area contributed by atoms with E-state index in [-0.39, 0.29) is 18.5 Å². The maximum Gasteiger partial charge on any atom is 0.317 e. The highest BCUT2D eigenvalue weighted by Gasteiger charge is 2.17. The minimum atomic E-state index is -0.829. The first kappa shape index (κ1) is 13.8. The Morgan fingerprint density at radius 1 is 1.41 bits per heavy atom. The number of nitrogens with zero attached hydrogens (tertiary/aromatic N) is 1. The molecule has 1 fully saturated rings. The molecule has 6 heteroatoms. The molecular weight excluding hydrogens is 222 g/mol. The van der Waals surface area contributed by atoms with Gasteiger partial charge in [0.05, 0.1) is 0 Å². The van der Waals surface area contributed by atoms with E-state index in [2.05, 4.69) is 10.6 Å². The van der Waals surface area contributed by atoms with Gasteiger partial charge in [0, 0.05) is 32.1 Å².